The number of nitrogens with one attached hydrogen (secondary N) is 3. The van der Waals surface area contributed by atoms with Crippen LogP contribution in [0.15, 0.2) is 40.9 Å². The van der Waals surface area contributed by atoms with E-state index in [1.54, 1.807) is 0 Å². The van der Waals surface area contributed by atoms with Crippen molar-refractivity contribution in [3.63, 3.8) is 0 Å². The maximum absolute atomic E-state index is 5.86. The van der Waals surface area contributed by atoms with Gasteiger partial charge in [-0.2, -0.15) is 5.12 Å². The summed E-state index contributed by atoms with van der Waals surface area (Å²) in [6.07, 6.45) is 2.56. The average Bonchev–Trinajstić information content (AvgIpc) is 3.16. The van der Waals surface area contributed by atoms with Crippen LogP contribution in [0.3, 0.4) is 0 Å². The van der Waals surface area contributed by atoms with E-state index in [4.69, 9.17) is 5.73 Å². The Labute approximate surface area is 131 Å². The molecule has 0 radical (unpaired) electrons. The third-order valence-electron chi connectivity index (χ3n) is 3.64. The Kier molecular flexibility index (Phi) is 2.85. The summed E-state index contributed by atoms with van der Waals surface area (Å²) in [4.78, 5) is 0. The van der Waals surface area contributed by atoms with E-state index in [2.05, 4.69) is 56.4 Å². The van der Waals surface area contributed by atoms with Crippen LogP contribution in [0.1, 0.15) is 12.8 Å². The molecule has 1 heterocycles. The van der Waals surface area contributed by atoms with Gasteiger partial charge in [-0.1, -0.05) is 0 Å². The number of hydrogen-bond donors (Lipinski definition) is 4. The van der Waals surface area contributed by atoms with E-state index >= 15 is 0 Å². The summed E-state index contributed by atoms with van der Waals surface area (Å²) in [7, 11) is 0. The topological polar surface area (TPSA) is 65.3 Å². The summed E-state index contributed by atoms with van der Waals surface area (Å²) < 4.78 is 0.944. The van der Waals surface area contributed by atoms with Crippen LogP contribution in [0, 0.1) is 0 Å². The Hall–Kier alpha value is -2.08. The molecule has 0 unspecified atom stereocenters. The maximum atomic E-state index is 5.86. The largest absolute Gasteiger partial charge is 0.399 e. The van der Waals surface area contributed by atoms with Crippen LogP contribution in [-0.2, 0) is 0 Å². The number of benzene rings is 2. The summed E-state index contributed by atoms with van der Waals surface area (Å²) in [5.41, 5.74) is 17.4. The van der Waals surface area contributed by atoms with Gasteiger partial charge in [0.1, 0.15) is 0 Å². The van der Waals surface area contributed by atoms with Crippen molar-refractivity contribution in [2.75, 3.05) is 27.0 Å². The fourth-order valence-electron chi connectivity index (χ4n) is 2.39. The van der Waals surface area contributed by atoms with Gasteiger partial charge in [0.05, 0.1) is 17.1 Å². The third-order valence-corrected chi connectivity index (χ3v) is 4.27. The molecule has 2 aliphatic rings. The molecule has 1 aliphatic heterocycles. The number of halogens is 1. The van der Waals surface area contributed by atoms with Gasteiger partial charge in [0.2, 0.25) is 0 Å². The number of fused-ring (bicyclic) bond motifs is 1. The second-order valence-corrected chi connectivity index (χ2v) is 6.30. The first-order valence-electron chi connectivity index (χ1n) is 6.98. The highest BCUT2D eigenvalue weighted by Gasteiger charge is 2.22. The van der Waals surface area contributed by atoms with Gasteiger partial charge >= 0.3 is 0 Å². The van der Waals surface area contributed by atoms with Crippen LogP contribution in [0.2, 0.25) is 0 Å². The van der Waals surface area contributed by atoms with Gasteiger partial charge in [0.15, 0.2) is 0 Å². The van der Waals surface area contributed by atoms with Crippen molar-refractivity contribution in [2.24, 2.45) is 0 Å². The van der Waals surface area contributed by atoms with Crippen LogP contribution in [0.5, 0.6) is 0 Å². The van der Waals surface area contributed by atoms with Crippen molar-refractivity contribution in [1.29, 1.82) is 0 Å². The maximum Gasteiger partial charge on any atom is 0.0954 e. The second-order valence-electron chi connectivity index (χ2n) is 5.45. The lowest BCUT2D eigenvalue weighted by Gasteiger charge is -2.19. The van der Waals surface area contributed by atoms with E-state index in [1.165, 1.54) is 18.5 Å². The number of nitrogens with zero attached hydrogens (tertiary/aromatic N) is 1. The van der Waals surface area contributed by atoms with E-state index in [-0.39, 0.29) is 0 Å². The van der Waals surface area contributed by atoms with Crippen LogP contribution in [0.4, 0.5) is 28.4 Å². The fraction of sp³-hybridized carbons (Fsp3) is 0.200. The minimum atomic E-state index is 0.669. The normalized spacial score (nSPS) is 16.1. The van der Waals surface area contributed by atoms with E-state index in [0.29, 0.717) is 6.04 Å². The van der Waals surface area contributed by atoms with Crippen LogP contribution < -0.4 is 27.0 Å². The molecule has 6 heteroatoms. The predicted molar refractivity (Wildman–Crippen MR) is 91.4 cm³/mol. The number of nitrogen functional groups attached to an aromatic ring is 1. The highest BCUT2D eigenvalue weighted by Crippen LogP contribution is 2.39. The Morgan fingerprint density at radius 3 is 2.62 bits per heavy atom. The van der Waals surface area contributed by atoms with Gasteiger partial charge in [-0.25, -0.2) is 0 Å². The average molecular weight is 346 g/mol. The number of anilines is 5. The minimum absolute atomic E-state index is 0.669. The molecule has 5 N–H and O–H groups in total. The predicted octanol–water partition coefficient (Wildman–Crippen LogP) is 3.78. The van der Waals surface area contributed by atoms with Gasteiger partial charge < -0.3 is 11.1 Å². The number of hydrogen-bond acceptors (Lipinski definition) is 5. The molecule has 21 heavy (non-hydrogen) atoms. The zero-order chi connectivity index (χ0) is 14.4. The Bertz CT molecular complexity index is 681. The first-order valence-corrected chi connectivity index (χ1v) is 7.77. The Morgan fingerprint density at radius 1 is 1.14 bits per heavy atom. The van der Waals surface area contributed by atoms with E-state index in [9.17, 15) is 0 Å². The monoisotopic (exact) mass is 345 g/mol. The van der Waals surface area contributed by atoms with Crippen molar-refractivity contribution in [1.82, 2.24) is 0 Å². The van der Waals surface area contributed by atoms with Gasteiger partial charge in [-0.15, -0.1) is 0 Å². The zero-order valence-corrected chi connectivity index (χ0v) is 12.9. The molecule has 0 bridgehead atoms. The Morgan fingerprint density at radius 2 is 1.90 bits per heavy atom. The van der Waals surface area contributed by atoms with Crippen molar-refractivity contribution in [2.45, 2.75) is 18.9 Å². The summed E-state index contributed by atoms with van der Waals surface area (Å²) in [6, 6.07) is 12.8. The molecule has 108 valence electrons. The van der Waals surface area contributed by atoms with Crippen molar-refractivity contribution in [3.8, 4) is 0 Å². The molecule has 4 rings (SSSR count). The van der Waals surface area contributed by atoms with Crippen molar-refractivity contribution in [3.05, 3.63) is 40.9 Å². The molecule has 0 atom stereocenters. The summed E-state index contributed by atoms with van der Waals surface area (Å²) >= 11 is 3.52. The number of hydrazine groups is 2. The quantitative estimate of drug-likeness (QED) is 0.637. The highest BCUT2D eigenvalue weighted by atomic mass is 79.9. The molecule has 0 amide bonds. The molecule has 0 aromatic heterocycles. The molecular formula is C15H16BrN5. The molecular weight excluding hydrogens is 330 g/mol. The molecule has 1 saturated carbocycles. The summed E-state index contributed by atoms with van der Waals surface area (Å²) in [5.74, 6) is 0. The zero-order valence-electron chi connectivity index (χ0n) is 11.4. The van der Waals surface area contributed by atoms with Crippen molar-refractivity contribution < 1.29 is 0 Å². The van der Waals surface area contributed by atoms with Gasteiger partial charge in [0.25, 0.3) is 0 Å². The van der Waals surface area contributed by atoms with E-state index < -0.39 is 0 Å². The van der Waals surface area contributed by atoms with Gasteiger partial charge in [-0.3, -0.25) is 10.9 Å². The summed E-state index contributed by atoms with van der Waals surface area (Å²) in [5, 5.41) is 5.37. The van der Waals surface area contributed by atoms with Crippen LogP contribution >= 0.6 is 15.9 Å². The fourth-order valence-corrected chi connectivity index (χ4v) is 2.96. The highest BCUT2D eigenvalue weighted by molar-refractivity contribution is 9.10. The standard InChI is InChI=1S/C15H16BrN5/c16-13-7-9(17)8-14-15(13)20-21(19-14)12-5-3-11(4-6-12)18-10-1-2-10/h3-8,10,18-20H,1-2,17H2. The molecule has 0 saturated heterocycles. The summed E-state index contributed by atoms with van der Waals surface area (Å²) in [6.45, 7) is 0. The molecule has 1 fully saturated rings. The number of rotatable bonds is 3. The van der Waals surface area contributed by atoms with Crippen LogP contribution in [0.25, 0.3) is 0 Å². The minimum Gasteiger partial charge on any atom is -0.399 e. The van der Waals surface area contributed by atoms with E-state index in [1.807, 2.05) is 17.3 Å². The lowest BCUT2D eigenvalue weighted by Crippen LogP contribution is -2.29. The third kappa shape index (κ3) is 2.47. The van der Waals surface area contributed by atoms with E-state index in [0.717, 1.165) is 27.2 Å². The smallest absolute Gasteiger partial charge is 0.0954 e. The molecule has 2 aromatic rings. The van der Waals surface area contributed by atoms with Gasteiger partial charge in [0, 0.05) is 21.9 Å². The first-order chi connectivity index (χ1) is 10.2. The van der Waals surface area contributed by atoms with Crippen LogP contribution in [-0.4, -0.2) is 6.04 Å². The second kappa shape index (κ2) is 4.73. The lowest BCUT2D eigenvalue weighted by molar-refractivity contribution is 1.11. The SMILES string of the molecule is Nc1cc(Br)c2c(c1)NN(c1ccc(NC3CC3)cc1)N2. The molecule has 1 aliphatic carbocycles. The number of nitrogens with two attached hydrogens (primary N) is 1. The Balaban J connectivity index is 1.54. The molecule has 0 spiro atoms. The lowest BCUT2D eigenvalue weighted by atomic mass is 10.2. The van der Waals surface area contributed by atoms with Gasteiger partial charge in [-0.05, 0) is 65.2 Å². The molecule has 2 aromatic carbocycles. The molecule has 5 nitrogen and oxygen atoms in total. The van der Waals surface area contributed by atoms with Crippen molar-refractivity contribution >= 4 is 44.4 Å². The first kappa shape index (κ1) is 12.6.